The third kappa shape index (κ3) is 3.31. The summed E-state index contributed by atoms with van der Waals surface area (Å²) in [6.45, 7) is 2.05. The van der Waals surface area contributed by atoms with Crippen molar-refractivity contribution < 1.29 is 0 Å². The Balaban J connectivity index is 1.91. The number of halogens is 1. The van der Waals surface area contributed by atoms with E-state index in [9.17, 15) is 0 Å². The number of fused-ring (bicyclic) bond motifs is 1. The zero-order chi connectivity index (χ0) is 19.0. The van der Waals surface area contributed by atoms with E-state index >= 15 is 0 Å². The van der Waals surface area contributed by atoms with E-state index in [1.807, 2.05) is 64.6 Å². The average molecular weight is 420 g/mol. The molecule has 0 unspecified atom stereocenters. The first-order valence-electron chi connectivity index (χ1n) is 8.47. The van der Waals surface area contributed by atoms with Gasteiger partial charge in [0.05, 0.1) is 27.4 Å². The quantitative estimate of drug-likeness (QED) is 0.351. The van der Waals surface area contributed by atoms with Crippen molar-refractivity contribution in [3.05, 3.63) is 72.3 Å². The first-order chi connectivity index (χ1) is 13.0. The van der Waals surface area contributed by atoms with Crippen molar-refractivity contribution in [3.8, 4) is 11.1 Å². The number of para-hydroxylation sites is 1. The third-order valence-electron chi connectivity index (χ3n) is 4.42. The van der Waals surface area contributed by atoms with Gasteiger partial charge in [-0.25, -0.2) is 4.98 Å². The van der Waals surface area contributed by atoms with E-state index in [0.29, 0.717) is 5.82 Å². The van der Waals surface area contributed by atoms with Crippen LogP contribution in [0.4, 0.5) is 23.1 Å². The summed E-state index contributed by atoms with van der Waals surface area (Å²) in [6, 6.07) is 21.9. The van der Waals surface area contributed by atoms with Crippen LogP contribution in [0.3, 0.4) is 0 Å². The molecule has 134 valence electrons. The van der Waals surface area contributed by atoms with Crippen LogP contribution in [-0.2, 0) is 0 Å². The van der Waals surface area contributed by atoms with Gasteiger partial charge in [-0.05, 0) is 60.0 Å². The number of aryl methyl sites for hydroxylation is 1. The molecule has 0 saturated carbocycles. The average Bonchev–Trinajstić information content (AvgIpc) is 2.67. The van der Waals surface area contributed by atoms with Crippen LogP contribution in [0.2, 0.25) is 0 Å². The van der Waals surface area contributed by atoms with Gasteiger partial charge in [-0.2, -0.15) is 4.98 Å². The number of nitrogens with two attached hydrogens (primary N) is 2. The van der Waals surface area contributed by atoms with Crippen LogP contribution in [-0.4, -0.2) is 9.97 Å². The highest BCUT2D eigenvalue weighted by Gasteiger charge is 2.15. The van der Waals surface area contributed by atoms with E-state index < -0.39 is 0 Å². The third-order valence-corrected chi connectivity index (χ3v) is 5.17. The Morgan fingerprint density at radius 1 is 0.889 bits per heavy atom. The van der Waals surface area contributed by atoms with Crippen molar-refractivity contribution in [1.29, 1.82) is 0 Å². The highest BCUT2D eigenvalue weighted by molar-refractivity contribution is 9.10. The second-order valence-corrected chi connectivity index (χ2v) is 7.04. The minimum absolute atomic E-state index is 0.231. The number of anilines is 4. The van der Waals surface area contributed by atoms with Crippen molar-refractivity contribution in [2.24, 2.45) is 0 Å². The largest absolute Gasteiger partial charge is 0.399 e. The molecule has 0 fully saturated rings. The number of nitrogens with zero attached hydrogens (tertiary/aromatic N) is 3. The summed E-state index contributed by atoms with van der Waals surface area (Å²) in [6.07, 6.45) is 0. The number of rotatable bonds is 3. The first-order valence-corrected chi connectivity index (χ1v) is 9.18. The standard InChI is InChI=1S/C21H18BrN5/c1-13-11-15(23)8-9-17(13)14-7-10-19-18(12-14)20(26-21(24)25-19)27(22)16-5-3-2-4-6-16/h2-12H,23H2,1H3,(H2,24,25,26). The monoisotopic (exact) mass is 419 g/mol. The molecule has 0 spiro atoms. The zero-order valence-electron chi connectivity index (χ0n) is 14.7. The molecular formula is C21H18BrN5. The van der Waals surface area contributed by atoms with Crippen LogP contribution < -0.4 is 15.4 Å². The lowest BCUT2D eigenvalue weighted by Crippen LogP contribution is -2.07. The van der Waals surface area contributed by atoms with Gasteiger partial charge in [0.25, 0.3) is 0 Å². The molecule has 4 rings (SSSR count). The summed E-state index contributed by atoms with van der Waals surface area (Å²) in [7, 11) is 0. The molecular weight excluding hydrogens is 402 g/mol. The van der Waals surface area contributed by atoms with Crippen molar-refractivity contribution >= 4 is 50.2 Å². The SMILES string of the molecule is Cc1cc(N)ccc1-c1ccc2nc(N)nc(N(Br)c3ccccc3)c2c1. The van der Waals surface area contributed by atoms with Gasteiger partial charge in [0, 0.05) is 11.1 Å². The Morgan fingerprint density at radius 2 is 1.67 bits per heavy atom. The minimum Gasteiger partial charge on any atom is -0.399 e. The second-order valence-electron chi connectivity index (χ2n) is 6.33. The summed E-state index contributed by atoms with van der Waals surface area (Å²) in [4.78, 5) is 8.86. The molecule has 0 saturated heterocycles. The number of aromatic nitrogens is 2. The molecule has 0 atom stereocenters. The van der Waals surface area contributed by atoms with Gasteiger partial charge >= 0.3 is 0 Å². The lowest BCUT2D eigenvalue weighted by atomic mass is 9.98. The highest BCUT2D eigenvalue weighted by Crippen LogP contribution is 2.36. The molecule has 0 bridgehead atoms. The van der Waals surface area contributed by atoms with Gasteiger partial charge in [0.2, 0.25) is 5.95 Å². The Labute approximate surface area is 166 Å². The molecule has 27 heavy (non-hydrogen) atoms. The topological polar surface area (TPSA) is 81.1 Å². The summed E-state index contributed by atoms with van der Waals surface area (Å²) >= 11 is 3.63. The number of hydrogen-bond donors (Lipinski definition) is 2. The predicted octanol–water partition coefficient (Wildman–Crippen LogP) is 5.22. The van der Waals surface area contributed by atoms with Crippen LogP contribution in [0.15, 0.2) is 66.7 Å². The van der Waals surface area contributed by atoms with Gasteiger partial charge in [0.1, 0.15) is 0 Å². The predicted molar refractivity (Wildman–Crippen MR) is 116 cm³/mol. The fraction of sp³-hybridized carbons (Fsp3) is 0.0476. The van der Waals surface area contributed by atoms with E-state index in [2.05, 4.69) is 39.1 Å². The van der Waals surface area contributed by atoms with Gasteiger partial charge in [-0.1, -0.05) is 30.3 Å². The van der Waals surface area contributed by atoms with E-state index in [4.69, 9.17) is 11.5 Å². The normalized spacial score (nSPS) is 10.9. The van der Waals surface area contributed by atoms with Crippen molar-refractivity contribution in [2.45, 2.75) is 6.92 Å². The Bertz CT molecular complexity index is 1130. The van der Waals surface area contributed by atoms with Crippen molar-refractivity contribution in [3.63, 3.8) is 0 Å². The fourth-order valence-electron chi connectivity index (χ4n) is 3.14. The number of benzene rings is 3. The van der Waals surface area contributed by atoms with Crippen LogP contribution in [0, 0.1) is 6.92 Å². The first kappa shape index (κ1) is 17.3. The maximum atomic E-state index is 5.95. The molecule has 5 nitrogen and oxygen atoms in total. The van der Waals surface area contributed by atoms with Crippen LogP contribution in [0.5, 0.6) is 0 Å². The van der Waals surface area contributed by atoms with E-state index in [-0.39, 0.29) is 5.95 Å². The highest BCUT2D eigenvalue weighted by atomic mass is 79.9. The molecule has 0 amide bonds. The molecule has 0 aliphatic rings. The molecule has 3 aromatic carbocycles. The summed E-state index contributed by atoms with van der Waals surface area (Å²) in [5, 5.41) is 0.902. The fourth-order valence-corrected chi connectivity index (χ4v) is 3.65. The molecule has 1 heterocycles. The maximum absolute atomic E-state index is 5.95. The lowest BCUT2D eigenvalue weighted by Gasteiger charge is -2.18. The van der Waals surface area contributed by atoms with Gasteiger partial charge in [0.15, 0.2) is 5.82 Å². The van der Waals surface area contributed by atoms with Crippen molar-refractivity contribution in [2.75, 3.05) is 15.4 Å². The molecule has 0 radical (unpaired) electrons. The molecule has 6 heteroatoms. The molecule has 1 aromatic heterocycles. The van der Waals surface area contributed by atoms with Crippen molar-refractivity contribution in [1.82, 2.24) is 9.97 Å². The molecule has 4 aromatic rings. The summed E-state index contributed by atoms with van der Waals surface area (Å²) in [5.41, 5.74) is 17.6. The second kappa shape index (κ2) is 6.89. The Morgan fingerprint density at radius 3 is 2.41 bits per heavy atom. The minimum atomic E-state index is 0.231. The molecule has 0 aliphatic carbocycles. The zero-order valence-corrected chi connectivity index (χ0v) is 16.3. The van der Waals surface area contributed by atoms with Gasteiger partial charge in [-0.15, -0.1) is 0 Å². The van der Waals surface area contributed by atoms with Crippen LogP contribution in [0.25, 0.3) is 22.0 Å². The summed E-state index contributed by atoms with van der Waals surface area (Å²) in [5.74, 6) is 0.924. The van der Waals surface area contributed by atoms with Crippen LogP contribution in [0.1, 0.15) is 5.56 Å². The summed E-state index contributed by atoms with van der Waals surface area (Å²) < 4.78 is 1.84. The van der Waals surface area contributed by atoms with Gasteiger partial charge in [-0.3, -0.25) is 3.93 Å². The van der Waals surface area contributed by atoms with Gasteiger partial charge < -0.3 is 11.5 Å². The van der Waals surface area contributed by atoms with E-state index in [0.717, 1.165) is 39.0 Å². The Hall–Kier alpha value is -3.12. The Kier molecular flexibility index (Phi) is 4.41. The number of hydrogen-bond acceptors (Lipinski definition) is 5. The van der Waals surface area contributed by atoms with E-state index in [1.165, 1.54) is 0 Å². The number of nitrogen functional groups attached to an aromatic ring is 2. The van der Waals surface area contributed by atoms with Crippen LogP contribution >= 0.6 is 16.1 Å². The maximum Gasteiger partial charge on any atom is 0.222 e. The molecule has 4 N–H and O–H groups in total. The van der Waals surface area contributed by atoms with E-state index in [1.54, 1.807) is 0 Å². The smallest absolute Gasteiger partial charge is 0.222 e. The molecule has 0 aliphatic heterocycles. The lowest BCUT2D eigenvalue weighted by molar-refractivity contribution is 1.21.